The zero-order chi connectivity index (χ0) is 12.5. The second-order valence-electron chi connectivity index (χ2n) is 4.67. The van der Waals surface area contributed by atoms with E-state index in [1.807, 2.05) is 0 Å². The van der Waals surface area contributed by atoms with E-state index in [4.69, 9.17) is 0 Å². The molecule has 1 N–H and O–H groups in total. The maximum absolute atomic E-state index is 12.1. The van der Waals surface area contributed by atoms with Gasteiger partial charge in [0, 0.05) is 24.2 Å². The van der Waals surface area contributed by atoms with Gasteiger partial charge in [-0.05, 0) is 12.8 Å². The molecule has 1 atom stereocenters. The van der Waals surface area contributed by atoms with E-state index in [1.165, 1.54) is 25.7 Å². The van der Waals surface area contributed by atoms with Crippen LogP contribution in [0.4, 0.5) is 0 Å². The van der Waals surface area contributed by atoms with Gasteiger partial charge >= 0.3 is 0 Å². The van der Waals surface area contributed by atoms with Crippen molar-refractivity contribution in [1.82, 2.24) is 9.97 Å². The van der Waals surface area contributed by atoms with Crippen LogP contribution in [0.25, 0.3) is 0 Å². The van der Waals surface area contributed by atoms with Crippen molar-refractivity contribution in [2.45, 2.75) is 58.8 Å². The number of ketones is 1. The van der Waals surface area contributed by atoms with E-state index in [-0.39, 0.29) is 5.92 Å². The van der Waals surface area contributed by atoms with Gasteiger partial charge in [-0.3, -0.25) is 4.79 Å². The molecule has 0 aliphatic carbocycles. The predicted octanol–water partition coefficient (Wildman–Crippen LogP) is 3.52. The molecule has 1 aromatic heterocycles. The van der Waals surface area contributed by atoms with Gasteiger partial charge in [-0.1, -0.05) is 39.5 Å². The number of aromatic nitrogens is 2. The van der Waals surface area contributed by atoms with Gasteiger partial charge in [0.25, 0.3) is 0 Å². The van der Waals surface area contributed by atoms with Crippen LogP contribution in [-0.2, 0) is 11.2 Å². The molecule has 1 unspecified atom stereocenters. The number of unbranched alkanes of at least 4 members (excludes halogenated alkanes) is 3. The zero-order valence-corrected chi connectivity index (χ0v) is 11.0. The average Bonchev–Trinajstić information content (AvgIpc) is 2.82. The third-order valence-corrected chi connectivity index (χ3v) is 3.27. The first-order valence-corrected chi connectivity index (χ1v) is 6.77. The molecule has 1 rings (SSSR count). The normalized spacial score (nSPS) is 12.6. The Morgan fingerprint density at radius 3 is 2.76 bits per heavy atom. The summed E-state index contributed by atoms with van der Waals surface area (Å²) in [5, 5.41) is 0. The molecule has 0 fully saturated rings. The van der Waals surface area contributed by atoms with Gasteiger partial charge in [0.1, 0.15) is 5.78 Å². The largest absolute Gasteiger partial charge is 0.348 e. The topological polar surface area (TPSA) is 45.8 Å². The number of hydrogen-bond donors (Lipinski definition) is 1. The molecule has 0 radical (unpaired) electrons. The number of hydrogen-bond acceptors (Lipinski definition) is 2. The summed E-state index contributed by atoms with van der Waals surface area (Å²) in [5.74, 6) is 0.586. The van der Waals surface area contributed by atoms with Crippen LogP contribution in [-0.4, -0.2) is 15.8 Å². The molecule has 96 valence electrons. The lowest BCUT2D eigenvalue weighted by atomic mass is 9.92. The summed E-state index contributed by atoms with van der Waals surface area (Å²) in [6.45, 7) is 4.32. The molecule has 0 aliphatic heterocycles. The van der Waals surface area contributed by atoms with Crippen molar-refractivity contribution in [1.29, 1.82) is 0 Å². The van der Waals surface area contributed by atoms with Crippen molar-refractivity contribution in [3.05, 3.63) is 18.2 Å². The van der Waals surface area contributed by atoms with Crippen LogP contribution >= 0.6 is 0 Å². The third kappa shape index (κ3) is 5.16. The maximum atomic E-state index is 12.1. The first-order valence-electron chi connectivity index (χ1n) is 6.77. The standard InChI is InChI=1S/C14H24N2O/c1-3-5-6-7-8-12(4-2)14(17)9-13-10-15-11-16-13/h10-12H,3-9H2,1-2H3,(H,15,16). The highest BCUT2D eigenvalue weighted by Crippen LogP contribution is 2.17. The molecule has 0 saturated carbocycles. The van der Waals surface area contributed by atoms with E-state index in [2.05, 4.69) is 23.8 Å². The van der Waals surface area contributed by atoms with Crippen LogP contribution in [0.5, 0.6) is 0 Å². The van der Waals surface area contributed by atoms with Gasteiger partial charge < -0.3 is 4.98 Å². The fraction of sp³-hybridized carbons (Fsp3) is 0.714. The van der Waals surface area contributed by atoms with Crippen LogP contribution in [0, 0.1) is 5.92 Å². The molecule has 3 heteroatoms. The van der Waals surface area contributed by atoms with E-state index < -0.39 is 0 Å². The Morgan fingerprint density at radius 2 is 2.18 bits per heavy atom. The van der Waals surface area contributed by atoms with Crippen molar-refractivity contribution < 1.29 is 4.79 Å². The SMILES string of the molecule is CCCCCCC(CC)C(=O)Cc1cnc[nH]1. The number of H-pyrrole nitrogens is 1. The van der Waals surface area contributed by atoms with Crippen LogP contribution < -0.4 is 0 Å². The number of rotatable bonds is 9. The predicted molar refractivity (Wildman–Crippen MR) is 69.8 cm³/mol. The average molecular weight is 236 g/mol. The molecule has 0 aromatic carbocycles. The number of aromatic amines is 1. The fourth-order valence-corrected chi connectivity index (χ4v) is 2.12. The summed E-state index contributed by atoms with van der Waals surface area (Å²) in [6, 6.07) is 0. The van der Waals surface area contributed by atoms with Gasteiger partial charge in [0.15, 0.2) is 0 Å². The molecule has 0 amide bonds. The molecule has 0 spiro atoms. The smallest absolute Gasteiger partial charge is 0.141 e. The Labute approximate surface area is 104 Å². The number of nitrogens with one attached hydrogen (secondary N) is 1. The summed E-state index contributed by atoms with van der Waals surface area (Å²) >= 11 is 0. The number of carbonyl (C=O) groups excluding carboxylic acids is 1. The Balaban J connectivity index is 2.31. The number of nitrogens with zero attached hydrogens (tertiary/aromatic N) is 1. The Morgan fingerprint density at radius 1 is 1.35 bits per heavy atom. The molecule has 17 heavy (non-hydrogen) atoms. The van der Waals surface area contributed by atoms with Crippen molar-refractivity contribution in [2.24, 2.45) is 5.92 Å². The Bertz CT molecular complexity index is 306. The lowest BCUT2D eigenvalue weighted by Crippen LogP contribution is -2.16. The molecule has 1 heterocycles. The molecular weight excluding hydrogens is 212 g/mol. The summed E-state index contributed by atoms with van der Waals surface area (Å²) in [7, 11) is 0. The highest BCUT2D eigenvalue weighted by atomic mass is 16.1. The second-order valence-corrected chi connectivity index (χ2v) is 4.67. The monoisotopic (exact) mass is 236 g/mol. The number of Topliss-reactive ketones (excluding diaryl/α,β-unsaturated/α-hetero) is 1. The first-order chi connectivity index (χ1) is 8.27. The summed E-state index contributed by atoms with van der Waals surface area (Å²) in [5.41, 5.74) is 0.932. The van der Waals surface area contributed by atoms with E-state index >= 15 is 0 Å². The first kappa shape index (κ1) is 13.9. The number of imidazole rings is 1. The summed E-state index contributed by atoms with van der Waals surface area (Å²) in [6.07, 6.45) is 10.8. The zero-order valence-electron chi connectivity index (χ0n) is 11.0. The van der Waals surface area contributed by atoms with Crippen LogP contribution in [0.3, 0.4) is 0 Å². The minimum atomic E-state index is 0.232. The van der Waals surface area contributed by atoms with E-state index in [9.17, 15) is 4.79 Å². The molecule has 0 saturated heterocycles. The van der Waals surface area contributed by atoms with Gasteiger partial charge in [-0.15, -0.1) is 0 Å². The van der Waals surface area contributed by atoms with Gasteiger partial charge in [-0.25, -0.2) is 4.98 Å². The van der Waals surface area contributed by atoms with Crippen LogP contribution in [0.2, 0.25) is 0 Å². The van der Waals surface area contributed by atoms with Crippen molar-refractivity contribution >= 4 is 5.78 Å². The van der Waals surface area contributed by atoms with Gasteiger partial charge in [-0.2, -0.15) is 0 Å². The number of carbonyl (C=O) groups is 1. The molecule has 3 nitrogen and oxygen atoms in total. The highest BCUT2D eigenvalue weighted by Gasteiger charge is 2.16. The van der Waals surface area contributed by atoms with Crippen molar-refractivity contribution in [3.63, 3.8) is 0 Å². The summed E-state index contributed by atoms with van der Waals surface area (Å²) < 4.78 is 0. The molecule has 1 aromatic rings. The summed E-state index contributed by atoms with van der Waals surface area (Å²) in [4.78, 5) is 19.0. The fourth-order valence-electron chi connectivity index (χ4n) is 2.12. The molecular formula is C14H24N2O. The molecule has 0 bridgehead atoms. The Hall–Kier alpha value is -1.12. The lowest BCUT2D eigenvalue weighted by molar-refractivity contribution is -0.122. The minimum Gasteiger partial charge on any atom is -0.348 e. The second kappa shape index (κ2) is 8.04. The van der Waals surface area contributed by atoms with Gasteiger partial charge in [0.2, 0.25) is 0 Å². The van der Waals surface area contributed by atoms with E-state index in [0.717, 1.165) is 18.5 Å². The minimum absolute atomic E-state index is 0.232. The highest BCUT2D eigenvalue weighted by molar-refractivity contribution is 5.82. The van der Waals surface area contributed by atoms with Crippen molar-refractivity contribution in [3.8, 4) is 0 Å². The quantitative estimate of drug-likeness (QED) is 0.667. The lowest BCUT2D eigenvalue weighted by Gasteiger charge is -2.12. The maximum Gasteiger partial charge on any atom is 0.141 e. The van der Waals surface area contributed by atoms with Crippen LogP contribution in [0.1, 0.15) is 58.1 Å². The van der Waals surface area contributed by atoms with Crippen molar-refractivity contribution in [2.75, 3.05) is 0 Å². The van der Waals surface area contributed by atoms with E-state index in [1.54, 1.807) is 12.5 Å². The third-order valence-electron chi connectivity index (χ3n) is 3.27. The molecule has 0 aliphatic rings. The Kier molecular flexibility index (Phi) is 6.60. The van der Waals surface area contributed by atoms with Gasteiger partial charge in [0.05, 0.1) is 6.33 Å². The van der Waals surface area contributed by atoms with E-state index in [0.29, 0.717) is 12.2 Å². The van der Waals surface area contributed by atoms with Crippen LogP contribution in [0.15, 0.2) is 12.5 Å².